The first-order valence-electron chi connectivity index (χ1n) is 6.34. The van der Waals surface area contributed by atoms with Crippen LogP contribution in [0.1, 0.15) is 41.9 Å². The van der Waals surface area contributed by atoms with Crippen molar-refractivity contribution in [2.45, 2.75) is 39.2 Å². The molecule has 0 aliphatic heterocycles. The molecular formula is C13H19N3S2. The molecule has 2 heterocycles. The van der Waals surface area contributed by atoms with Crippen LogP contribution in [0.5, 0.6) is 0 Å². The van der Waals surface area contributed by atoms with Crippen LogP contribution in [0.2, 0.25) is 0 Å². The van der Waals surface area contributed by atoms with Gasteiger partial charge < -0.3 is 5.32 Å². The summed E-state index contributed by atoms with van der Waals surface area (Å²) in [6.45, 7) is 5.29. The topological polar surface area (TPSA) is 37.8 Å². The van der Waals surface area contributed by atoms with E-state index in [9.17, 15) is 0 Å². The molecule has 1 atom stereocenters. The Kier molecular flexibility index (Phi) is 5.28. The molecule has 18 heavy (non-hydrogen) atoms. The zero-order valence-electron chi connectivity index (χ0n) is 10.8. The summed E-state index contributed by atoms with van der Waals surface area (Å²) in [6.07, 6.45) is 3.38. The lowest BCUT2D eigenvalue weighted by Crippen LogP contribution is -2.22. The van der Waals surface area contributed by atoms with Gasteiger partial charge in [0, 0.05) is 6.04 Å². The highest BCUT2D eigenvalue weighted by Gasteiger charge is 2.16. The van der Waals surface area contributed by atoms with Gasteiger partial charge in [-0.1, -0.05) is 11.4 Å². The number of hydrogen-bond acceptors (Lipinski definition) is 5. The maximum atomic E-state index is 4.12. The minimum atomic E-state index is 0.393. The Morgan fingerprint density at radius 2 is 2.33 bits per heavy atom. The molecule has 1 N–H and O–H groups in total. The quantitative estimate of drug-likeness (QED) is 0.843. The molecule has 0 bridgehead atoms. The average Bonchev–Trinajstić information content (AvgIpc) is 3.01. The Hall–Kier alpha value is -0.780. The van der Waals surface area contributed by atoms with Crippen LogP contribution < -0.4 is 5.32 Å². The zero-order valence-corrected chi connectivity index (χ0v) is 12.5. The third kappa shape index (κ3) is 3.60. The minimum Gasteiger partial charge on any atom is -0.309 e. The fraction of sp³-hybridized carbons (Fsp3) is 0.538. The molecule has 0 radical (unpaired) electrons. The van der Waals surface area contributed by atoms with E-state index in [0.29, 0.717) is 6.04 Å². The lowest BCUT2D eigenvalue weighted by Gasteiger charge is -2.16. The van der Waals surface area contributed by atoms with Gasteiger partial charge in [-0.05, 0) is 66.7 Å². The number of rotatable bonds is 7. The van der Waals surface area contributed by atoms with E-state index < -0.39 is 0 Å². The van der Waals surface area contributed by atoms with Crippen molar-refractivity contribution in [1.82, 2.24) is 14.9 Å². The van der Waals surface area contributed by atoms with Crippen LogP contribution >= 0.6 is 22.9 Å². The van der Waals surface area contributed by atoms with Crippen LogP contribution in [0, 0.1) is 6.92 Å². The molecule has 0 aromatic carbocycles. The lowest BCUT2D eigenvalue weighted by atomic mass is 10.1. The second-order valence-electron chi connectivity index (χ2n) is 4.40. The summed E-state index contributed by atoms with van der Waals surface area (Å²) in [5.41, 5.74) is 2.50. The van der Waals surface area contributed by atoms with Crippen LogP contribution in [0.4, 0.5) is 0 Å². The molecule has 0 fully saturated rings. The number of aromatic nitrogens is 2. The van der Waals surface area contributed by atoms with Crippen LogP contribution in [-0.4, -0.2) is 16.1 Å². The molecule has 98 valence electrons. The van der Waals surface area contributed by atoms with Crippen LogP contribution in [0.15, 0.2) is 16.8 Å². The van der Waals surface area contributed by atoms with Crippen LogP contribution in [0.25, 0.3) is 0 Å². The van der Waals surface area contributed by atoms with E-state index in [4.69, 9.17) is 0 Å². The van der Waals surface area contributed by atoms with Crippen LogP contribution in [0.3, 0.4) is 0 Å². The molecule has 0 amide bonds. The van der Waals surface area contributed by atoms with Crippen molar-refractivity contribution in [3.8, 4) is 0 Å². The van der Waals surface area contributed by atoms with E-state index in [1.807, 2.05) is 6.92 Å². The average molecular weight is 281 g/mol. The Labute approximate surface area is 116 Å². The molecular weight excluding hydrogens is 262 g/mol. The maximum Gasteiger partial charge on any atom is 0.0772 e. The van der Waals surface area contributed by atoms with Crippen molar-refractivity contribution in [3.63, 3.8) is 0 Å². The summed E-state index contributed by atoms with van der Waals surface area (Å²) in [6, 6.07) is 2.60. The van der Waals surface area contributed by atoms with E-state index in [0.717, 1.165) is 31.5 Å². The van der Waals surface area contributed by atoms with Gasteiger partial charge in [0.2, 0.25) is 0 Å². The first-order valence-corrected chi connectivity index (χ1v) is 8.06. The molecule has 0 aliphatic carbocycles. The standard InChI is InChI=1S/C13H19N3S2/c1-3-7-14-12(13-10(2)15-16-18-13)5-4-11-6-8-17-9-11/h6,8-9,12,14H,3-5,7H2,1-2H3. The summed E-state index contributed by atoms with van der Waals surface area (Å²) in [7, 11) is 0. The highest BCUT2D eigenvalue weighted by molar-refractivity contribution is 7.08. The lowest BCUT2D eigenvalue weighted by molar-refractivity contribution is 0.504. The van der Waals surface area contributed by atoms with Crippen molar-refractivity contribution in [3.05, 3.63) is 33.0 Å². The van der Waals surface area contributed by atoms with E-state index in [1.54, 1.807) is 11.3 Å². The van der Waals surface area contributed by atoms with Crippen molar-refractivity contribution in [1.29, 1.82) is 0 Å². The fourth-order valence-electron chi connectivity index (χ4n) is 1.95. The smallest absolute Gasteiger partial charge is 0.0772 e. The van der Waals surface area contributed by atoms with Crippen molar-refractivity contribution >= 4 is 22.9 Å². The van der Waals surface area contributed by atoms with Crippen molar-refractivity contribution in [2.24, 2.45) is 0 Å². The zero-order chi connectivity index (χ0) is 12.8. The summed E-state index contributed by atoms with van der Waals surface area (Å²) in [5, 5.41) is 12.1. The Bertz CT molecular complexity index is 451. The number of thiophene rings is 1. The molecule has 2 rings (SSSR count). The first-order chi connectivity index (χ1) is 8.81. The van der Waals surface area contributed by atoms with Gasteiger partial charge >= 0.3 is 0 Å². The van der Waals surface area contributed by atoms with Gasteiger partial charge in [0.25, 0.3) is 0 Å². The summed E-state index contributed by atoms with van der Waals surface area (Å²) < 4.78 is 4.05. The largest absolute Gasteiger partial charge is 0.309 e. The summed E-state index contributed by atoms with van der Waals surface area (Å²) >= 11 is 3.29. The van der Waals surface area contributed by atoms with E-state index in [2.05, 4.69) is 38.7 Å². The molecule has 2 aromatic rings. The van der Waals surface area contributed by atoms with Crippen molar-refractivity contribution in [2.75, 3.05) is 6.54 Å². The molecule has 3 nitrogen and oxygen atoms in total. The van der Waals surface area contributed by atoms with Gasteiger partial charge in [-0.2, -0.15) is 11.3 Å². The van der Waals surface area contributed by atoms with Gasteiger partial charge in [-0.25, -0.2) is 0 Å². The second kappa shape index (κ2) is 6.97. The predicted molar refractivity (Wildman–Crippen MR) is 78.3 cm³/mol. The van der Waals surface area contributed by atoms with Gasteiger partial charge in [0.05, 0.1) is 10.6 Å². The Balaban J connectivity index is 1.99. The molecule has 0 aliphatic rings. The Morgan fingerprint density at radius 1 is 1.44 bits per heavy atom. The molecule has 2 aromatic heterocycles. The number of aryl methyl sites for hydroxylation is 2. The fourth-order valence-corrected chi connectivity index (χ4v) is 3.40. The maximum absolute atomic E-state index is 4.12. The van der Waals surface area contributed by atoms with Gasteiger partial charge in [0.1, 0.15) is 0 Å². The highest BCUT2D eigenvalue weighted by atomic mass is 32.1. The van der Waals surface area contributed by atoms with Crippen LogP contribution in [-0.2, 0) is 6.42 Å². The molecule has 1 unspecified atom stereocenters. The van der Waals surface area contributed by atoms with Gasteiger partial charge in [0.15, 0.2) is 0 Å². The monoisotopic (exact) mass is 281 g/mol. The van der Waals surface area contributed by atoms with Gasteiger partial charge in [-0.3, -0.25) is 0 Å². The minimum absolute atomic E-state index is 0.393. The van der Waals surface area contributed by atoms with E-state index in [-0.39, 0.29) is 0 Å². The van der Waals surface area contributed by atoms with Crippen molar-refractivity contribution < 1.29 is 0 Å². The van der Waals surface area contributed by atoms with E-state index in [1.165, 1.54) is 22.0 Å². The first kappa shape index (κ1) is 13.6. The summed E-state index contributed by atoms with van der Waals surface area (Å²) in [5.74, 6) is 0. The molecule has 0 saturated carbocycles. The third-order valence-electron chi connectivity index (χ3n) is 2.95. The number of nitrogens with one attached hydrogen (secondary N) is 1. The molecule has 0 spiro atoms. The van der Waals surface area contributed by atoms with E-state index >= 15 is 0 Å². The molecule has 5 heteroatoms. The summed E-state index contributed by atoms with van der Waals surface area (Å²) in [4.78, 5) is 1.29. The normalized spacial score (nSPS) is 12.8. The number of nitrogens with zero attached hydrogens (tertiary/aromatic N) is 2. The van der Waals surface area contributed by atoms with Gasteiger partial charge in [-0.15, -0.1) is 5.10 Å². The highest BCUT2D eigenvalue weighted by Crippen LogP contribution is 2.24. The second-order valence-corrected chi connectivity index (χ2v) is 5.97. The third-order valence-corrected chi connectivity index (χ3v) is 4.62. The predicted octanol–water partition coefficient (Wildman–Crippen LogP) is 3.58. The number of hydrogen-bond donors (Lipinski definition) is 1. The Morgan fingerprint density at radius 3 is 2.94 bits per heavy atom. The SMILES string of the molecule is CCCNC(CCc1ccsc1)c1snnc1C. The molecule has 0 saturated heterocycles.